The summed E-state index contributed by atoms with van der Waals surface area (Å²) >= 11 is 0. The monoisotopic (exact) mass is 469 g/mol. The molecule has 3 fully saturated rings. The van der Waals surface area contributed by atoms with Crippen LogP contribution in [0.25, 0.3) is 0 Å². The highest BCUT2D eigenvalue weighted by molar-refractivity contribution is 6.05. The molecule has 5 rings (SSSR count). The van der Waals surface area contributed by atoms with Crippen LogP contribution >= 0.6 is 0 Å². The molecule has 2 aliphatic heterocycles. The fourth-order valence-corrected chi connectivity index (χ4v) is 6.11. The molecule has 4 aliphatic rings. The van der Waals surface area contributed by atoms with E-state index < -0.39 is 6.04 Å². The van der Waals surface area contributed by atoms with Gasteiger partial charge in [0.15, 0.2) is 0 Å². The molecule has 0 bridgehead atoms. The van der Waals surface area contributed by atoms with Crippen molar-refractivity contribution >= 4 is 17.7 Å². The van der Waals surface area contributed by atoms with Crippen molar-refractivity contribution in [2.75, 3.05) is 20.2 Å². The Morgan fingerprint density at radius 1 is 1.15 bits per heavy atom. The van der Waals surface area contributed by atoms with E-state index in [-0.39, 0.29) is 30.2 Å². The molecule has 8 heteroatoms. The minimum absolute atomic E-state index is 0.139. The average Bonchev–Trinajstić information content (AvgIpc) is 3.37. The van der Waals surface area contributed by atoms with Crippen LogP contribution < -0.4 is 10.1 Å². The second kappa shape index (κ2) is 9.66. The number of carbonyl (C=O) groups excluding carboxylic acids is 3. The molecule has 0 aromatic heterocycles. The van der Waals surface area contributed by atoms with Gasteiger partial charge in [-0.15, -0.1) is 0 Å². The molecule has 2 heterocycles. The average molecular weight is 470 g/mol. The van der Waals surface area contributed by atoms with Crippen molar-refractivity contribution in [2.24, 2.45) is 5.92 Å². The van der Waals surface area contributed by atoms with E-state index in [4.69, 9.17) is 9.47 Å². The van der Waals surface area contributed by atoms with Gasteiger partial charge in [-0.3, -0.25) is 24.6 Å². The number of rotatable bonds is 8. The predicted octanol–water partition coefficient (Wildman–Crippen LogP) is 2.49. The lowest BCUT2D eigenvalue weighted by atomic mass is 9.81. The van der Waals surface area contributed by atoms with E-state index in [1.165, 1.54) is 0 Å². The van der Waals surface area contributed by atoms with Crippen LogP contribution in [0, 0.1) is 5.92 Å². The highest BCUT2D eigenvalue weighted by atomic mass is 16.5. The second-order valence-electron chi connectivity index (χ2n) is 10.2. The van der Waals surface area contributed by atoms with Crippen molar-refractivity contribution in [1.82, 2.24) is 15.1 Å². The molecule has 0 radical (unpaired) electrons. The molecule has 2 saturated carbocycles. The van der Waals surface area contributed by atoms with Gasteiger partial charge < -0.3 is 14.4 Å². The van der Waals surface area contributed by atoms with Crippen molar-refractivity contribution in [2.45, 2.75) is 82.7 Å². The number of amides is 3. The Morgan fingerprint density at radius 2 is 1.97 bits per heavy atom. The third-order valence-electron chi connectivity index (χ3n) is 8.09. The number of methoxy groups -OCH3 is 1. The van der Waals surface area contributed by atoms with E-state index in [0.717, 1.165) is 56.5 Å². The highest BCUT2D eigenvalue weighted by Crippen LogP contribution is 2.35. The lowest BCUT2D eigenvalue weighted by Crippen LogP contribution is -2.52. The van der Waals surface area contributed by atoms with Crippen LogP contribution in [0.1, 0.15) is 67.8 Å². The molecule has 0 spiro atoms. The van der Waals surface area contributed by atoms with Gasteiger partial charge in [0.05, 0.1) is 6.10 Å². The molecule has 34 heavy (non-hydrogen) atoms. The Bertz CT molecular complexity index is 960. The van der Waals surface area contributed by atoms with Gasteiger partial charge in [0, 0.05) is 38.2 Å². The molecule has 1 unspecified atom stereocenters. The topological polar surface area (TPSA) is 88.2 Å². The standard InChI is InChI=1S/C26H35N3O5/c1-3-28(14-16-11-19(12-16)33-2)21-5-4-6-23(21)34-18-7-8-20-17(13-18)15-29(26(20)32)22-9-10-24(30)27-25(22)31/h7-8,13,16,19,21-23H,3-6,9-12,14-15H2,1-2H3,(H,27,30,31)/t16-,19+,21-,22?,23+/m0/s1. The van der Waals surface area contributed by atoms with Crippen molar-refractivity contribution in [3.63, 3.8) is 0 Å². The van der Waals surface area contributed by atoms with Gasteiger partial charge in [0.1, 0.15) is 17.9 Å². The Morgan fingerprint density at radius 3 is 2.71 bits per heavy atom. The number of piperidine rings is 1. The highest BCUT2D eigenvalue weighted by Gasteiger charge is 2.40. The van der Waals surface area contributed by atoms with Gasteiger partial charge >= 0.3 is 0 Å². The van der Waals surface area contributed by atoms with Gasteiger partial charge in [0.2, 0.25) is 11.8 Å². The van der Waals surface area contributed by atoms with E-state index in [1.54, 1.807) is 12.0 Å². The summed E-state index contributed by atoms with van der Waals surface area (Å²) in [5.41, 5.74) is 1.50. The first-order chi connectivity index (χ1) is 16.5. The summed E-state index contributed by atoms with van der Waals surface area (Å²) in [6.07, 6.45) is 6.82. The molecule has 8 nitrogen and oxygen atoms in total. The van der Waals surface area contributed by atoms with Gasteiger partial charge in [-0.25, -0.2) is 0 Å². The third kappa shape index (κ3) is 4.45. The predicted molar refractivity (Wildman–Crippen MR) is 125 cm³/mol. The van der Waals surface area contributed by atoms with E-state index in [2.05, 4.69) is 17.1 Å². The number of nitrogens with one attached hydrogen (secondary N) is 1. The van der Waals surface area contributed by atoms with E-state index in [9.17, 15) is 14.4 Å². The summed E-state index contributed by atoms with van der Waals surface area (Å²) in [4.78, 5) is 40.9. The number of likely N-dealkylation sites (N-methyl/N-ethyl adjacent to an activating group) is 1. The fraction of sp³-hybridized carbons (Fsp3) is 0.654. The van der Waals surface area contributed by atoms with Gasteiger partial charge in [-0.2, -0.15) is 0 Å². The summed E-state index contributed by atoms with van der Waals surface area (Å²) in [6.45, 7) is 4.71. The number of benzene rings is 1. The first kappa shape index (κ1) is 23.3. The number of imide groups is 1. The number of ether oxygens (including phenoxy) is 2. The molecule has 1 saturated heterocycles. The quantitative estimate of drug-likeness (QED) is 0.589. The zero-order valence-corrected chi connectivity index (χ0v) is 20.1. The second-order valence-corrected chi connectivity index (χ2v) is 10.2. The van der Waals surface area contributed by atoms with Crippen LogP contribution in [0.4, 0.5) is 0 Å². The Hall–Kier alpha value is -2.45. The van der Waals surface area contributed by atoms with Crippen LogP contribution in [0.15, 0.2) is 18.2 Å². The summed E-state index contributed by atoms with van der Waals surface area (Å²) in [5.74, 6) is 0.680. The fourth-order valence-electron chi connectivity index (χ4n) is 6.11. The summed E-state index contributed by atoms with van der Waals surface area (Å²) in [7, 11) is 1.80. The smallest absolute Gasteiger partial charge is 0.255 e. The maximum atomic E-state index is 12.9. The van der Waals surface area contributed by atoms with Gasteiger partial charge in [-0.1, -0.05) is 6.92 Å². The van der Waals surface area contributed by atoms with Crippen LogP contribution in [0.2, 0.25) is 0 Å². The molecule has 1 aromatic rings. The van der Waals surface area contributed by atoms with E-state index >= 15 is 0 Å². The first-order valence-corrected chi connectivity index (χ1v) is 12.7. The molecule has 2 aliphatic carbocycles. The maximum Gasteiger partial charge on any atom is 0.255 e. The van der Waals surface area contributed by atoms with Crippen LogP contribution in [0.5, 0.6) is 5.75 Å². The molecule has 184 valence electrons. The number of nitrogens with zero attached hydrogens (tertiary/aromatic N) is 2. The number of carbonyl (C=O) groups is 3. The van der Waals surface area contributed by atoms with Crippen LogP contribution in [-0.4, -0.2) is 72.0 Å². The van der Waals surface area contributed by atoms with Crippen molar-refractivity contribution in [3.05, 3.63) is 29.3 Å². The number of hydrogen-bond donors (Lipinski definition) is 1. The van der Waals surface area contributed by atoms with Crippen molar-refractivity contribution < 1.29 is 23.9 Å². The Kier molecular flexibility index (Phi) is 6.62. The van der Waals surface area contributed by atoms with Gasteiger partial charge in [0.25, 0.3) is 5.91 Å². The van der Waals surface area contributed by atoms with E-state index in [1.807, 2.05) is 18.2 Å². The van der Waals surface area contributed by atoms with Crippen molar-refractivity contribution in [1.29, 1.82) is 0 Å². The molecule has 3 atom stereocenters. The molecule has 3 amide bonds. The zero-order valence-electron chi connectivity index (χ0n) is 20.1. The lowest BCUT2D eigenvalue weighted by molar-refractivity contribution is -0.136. The number of fused-ring (bicyclic) bond motifs is 1. The first-order valence-electron chi connectivity index (χ1n) is 12.7. The molecule has 1 aromatic carbocycles. The summed E-state index contributed by atoms with van der Waals surface area (Å²) in [6, 6.07) is 5.47. The normalized spacial score (nSPS) is 31.0. The Labute approximate surface area is 200 Å². The maximum absolute atomic E-state index is 12.9. The largest absolute Gasteiger partial charge is 0.489 e. The molecule has 1 N–H and O–H groups in total. The minimum atomic E-state index is -0.594. The minimum Gasteiger partial charge on any atom is -0.489 e. The molecular formula is C26H35N3O5. The van der Waals surface area contributed by atoms with Crippen molar-refractivity contribution in [3.8, 4) is 5.75 Å². The summed E-state index contributed by atoms with van der Waals surface area (Å²) < 4.78 is 12.0. The van der Waals surface area contributed by atoms with Crippen LogP contribution in [-0.2, 0) is 20.9 Å². The number of hydrogen-bond acceptors (Lipinski definition) is 6. The SMILES string of the molecule is CCN(C[C@H]1C[C@@H](OC)C1)[C@H]1CCC[C@H]1Oc1ccc2c(c1)CN(C1CCC(=O)NC1=O)C2=O. The zero-order chi connectivity index (χ0) is 23.8. The van der Waals surface area contributed by atoms with E-state index in [0.29, 0.717) is 36.6 Å². The van der Waals surface area contributed by atoms with Gasteiger partial charge in [-0.05, 0) is 74.8 Å². The Balaban J connectivity index is 1.23. The summed E-state index contributed by atoms with van der Waals surface area (Å²) in [5, 5.41) is 2.35. The third-order valence-corrected chi connectivity index (χ3v) is 8.09. The molecular weight excluding hydrogens is 434 g/mol. The van der Waals surface area contributed by atoms with Crippen LogP contribution in [0.3, 0.4) is 0 Å². The lowest BCUT2D eigenvalue weighted by Gasteiger charge is -2.40.